The minimum absolute atomic E-state index is 0.216. The van der Waals surface area contributed by atoms with Crippen molar-refractivity contribution in [3.05, 3.63) is 77.9 Å². The second kappa shape index (κ2) is 8.13. The molecule has 6 heteroatoms. The van der Waals surface area contributed by atoms with Crippen molar-refractivity contribution in [3.8, 4) is 11.8 Å². The van der Waals surface area contributed by atoms with Crippen molar-refractivity contribution in [3.63, 3.8) is 0 Å². The van der Waals surface area contributed by atoms with Crippen LogP contribution in [0, 0.1) is 18.3 Å². The van der Waals surface area contributed by atoms with E-state index in [0.717, 1.165) is 5.69 Å². The molecule has 0 unspecified atom stereocenters. The van der Waals surface area contributed by atoms with Crippen molar-refractivity contribution in [2.75, 3.05) is 5.32 Å². The van der Waals surface area contributed by atoms with E-state index in [4.69, 9.17) is 0 Å². The van der Waals surface area contributed by atoms with Gasteiger partial charge in [-0.25, -0.2) is 0 Å². The van der Waals surface area contributed by atoms with Gasteiger partial charge in [-0.3, -0.25) is 9.78 Å². The van der Waals surface area contributed by atoms with Gasteiger partial charge in [0.05, 0.1) is 40.7 Å². The molecule has 1 amide bonds. The van der Waals surface area contributed by atoms with Crippen LogP contribution in [0.4, 0.5) is 5.69 Å². The number of pyridine rings is 1. The van der Waals surface area contributed by atoms with Gasteiger partial charge in [-0.2, -0.15) is 5.26 Å². The molecule has 3 aromatic rings. The molecule has 1 fully saturated rings. The number of carbonyl (C=O) groups excluding carboxylic acids is 1. The molecular formula is C24H24N4O2. The van der Waals surface area contributed by atoms with E-state index in [1.54, 1.807) is 30.6 Å². The summed E-state index contributed by atoms with van der Waals surface area (Å²) in [5, 5.41) is 22.3. The van der Waals surface area contributed by atoms with E-state index in [2.05, 4.69) is 16.4 Å². The Bertz CT molecular complexity index is 1070. The van der Waals surface area contributed by atoms with Crippen molar-refractivity contribution in [2.24, 2.45) is 0 Å². The highest BCUT2D eigenvalue weighted by Gasteiger charge is 2.37. The van der Waals surface area contributed by atoms with Gasteiger partial charge in [-0.15, -0.1) is 0 Å². The van der Waals surface area contributed by atoms with Crippen molar-refractivity contribution in [1.29, 1.82) is 5.26 Å². The molecule has 0 aliphatic heterocycles. The van der Waals surface area contributed by atoms with E-state index in [-0.39, 0.29) is 12.0 Å². The van der Waals surface area contributed by atoms with Crippen LogP contribution in [-0.2, 0) is 5.41 Å². The molecule has 1 aliphatic rings. The normalized spacial score (nSPS) is 21.0. The standard InChI is InChI=1S/C24H24N4O2/c1-17-2-5-20(6-3-17)28-13-10-18(15-28)23(30)27-19-4-7-22(26-14-19)24(16-25)11-8-21(29)9-12-24/h2-7,10,13-15,21,29H,8-9,11-12H2,1H3,(H,27,30). The Balaban J connectivity index is 1.45. The smallest absolute Gasteiger partial charge is 0.257 e. The first-order valence-corrected chi connectivity index (χ1v) is 10.1. The average molecular weight is 400 g/mol. The number of nitriles is 1. The van der Waals surface area contributed by atoms with Crippen LogP contribution in [0.3, 0.4) is 0 Å². The predicted octanol–water partition coefficient (Wildman–Crippen LogP) is 4.13. The molecule has 0 saturated heterocycles. The first-order chi connectivity index (χ1) is 14.5. The lowest BCUT2D eigenvalue weighted by Crippen LogP contribution is -2.33. The minimum atomic E-state index is -0.660. The fourth-order valence-electron chi connectivity index (χ4n) is 3.88. The monoisotopic (exact) mass is 400 g/mol. The lowest BCUT2D eigenvalue weighted by atomic mass is 9.72. The molecule has 30 heavy (non-hydrogen) atoms. The predicted molar refractivity (Wildman–Crippen MR) is 114 cm³/mol. The average Bonchev–Trinajstić information content (AvgIpc) is 3.26. The zero-order valence-corrected chi connectivity index (χ0v) is 16.9. The van der Waals surface area contributed by atoms with Gasteiger partial charge < -0.3 is 15.0 Å². The molecule has 1 aromatic carbocycles. The molecule has 2 N–H and O–H groups in total. The summed E-state index contributed by atoms with van der Waals surface area (Å²) >= 11 is 0. The fraction of sp³-hybridized carbons (Fsp3) is 0.292. The zero-order chi connectivity index (χ0) is 21.1. The maximum atomic E-state index is 12.6. The Hall–Kier alpha value is -3.43. The van der Waals surface area contributed by atoms with E-state index in [1.807, 2.05) is 42.0 Å². The number of rotatable bonds is 4. The lowest BCUT2D eigenvalue weighted by Gasteiger charge is -2.32. The molecule has 0 bridgehead atoms. The SMILES string of the molecule is Cc1ccc(-n2ccc(C(=O)Nc3ccc(C4(C#N)CCC(O)CC4)nc3)c2)cc1. The van der Waals surface area contributed by atoms with Crippen LogP contribution >= 0.6 is 0 Å². The highest BCUT2D eigenvalue weighted by atomic mass is 16.3. The Morgan fingerprint density at radius 1 is 1.20 bits per heavy atom. The van der Waals surface area contributed by atoms with Crippen molar-refractivity contribution < 1.29 is 9.90 Å². The molecule has 0 atom stereocenters. The lowest BCUT2D eigenvalue weighted by molar-refractivity contribution is 0.102. The van der Waals surface area contributed by atoms with Gasteiger partial charge in [-0.05, 0) is 62.9 Å². The summed E-state index contributed by atoms with van der Waals surface area (Å²) in [7, 11) is 0. The van der Waals surface area contributed by atoms with Crippen LogP contribution in [0.2, 0.25) is 0 Å². The minimum Gasteiger partial charge on any atom is -0.393 e. The number of aryl methyl sites for hydroxylation is 1. The van der Waals surface area contributed by atoms with E-state index in [9.17, 15) is 15.2 Å². The second-order valence-electron chi connectivity index (χ2n) is 7.95. The third-order valence-corrected chi connectivity index (χ3v) is 5.82. The summed E-state index contributed by atoms with van der Waals surface area (Å²) < 4.78 is 1.91. The number of amides is 1. The van der Waals surface area contributed by atoms with Gasteiger partial charge >= 0.3 is 0 Å². The van der Waals surface area contributed by atoms with Gasteiger partial charge in [0, 0.05) is 18.1 Å². The van der Waals surface area contributed by atoms with Crippen LogP contribution in [0.1, 0.15) is 47.3 Å². The number of carbonyl (C=O) groups is 1. The Morgan fingerprint density at radius 3 is 2.57 bits per heavy atom. The molecule has 152 valence electrons. The second-order valence-corrected chi connectivity index (χ2v) is 7.95. The number of nitrogens with one attached hydrogen (secondary N) is 1. The van der Waals surface area contributed by atoms with Crippen LogP contribution in [0.15, 0.2) is 61.1 Å². The summed E-state index contributed by atoms with van der Waals surface area (Å²) in [4.78, 5) is 17.1. The van der Waals surface area contributed by atoms with Crippen LogP contribution < -0.4 is 5.32 Å². The Kier molecular flexibility index (Phi) is 5.39. The molecule has 0 radical (unpaired) electrons. The van der Waals surface area contributed by atoms with Crippen LogP contribution in [-0.4, -0.2) is 26.7 Å². The third-order valence-electron chi connectivity index (χ3n) is 5.82. The Labute approximate surface area is 175 Å². The first kappa shape index (κ1) is 19.9. The van der Waals surface area contributed by atoms with E-state index < -0.39 is 5.41 Å². The number of aliphatic hydroxyl groups is 1. The molecule has 1 saturated carbocycles. The van der Waals surface area contributed by atoms with Gasteiger partial charge in [0.1, 0.15) is 0 Å². The molecule has 6 nitrogen and oxygen atoms in total. The summed E-state index contributed by atoms with van der Waals surface area (Å²) in [5.74, 6) is -0.216. The van der Waals surface area contributed by atoms with E-state index >= 15 is 0 Å². The van der Waals surface area contributed by atoms with Crippen molar-refractivity contribution in [2.45, 2.75) is 44.1 Å². The van der Waals surface area contributed by atoms with E-state index in [0.29, 0.717) is 42.6 Å². The molecular weight excluding hydrogens is 376 g/mol. The maximum absolute atomic E-state index is 12.6. The highest BCUT2D eigenvalue weighted by Crippen LogP contribution is 2.38. The number of aromatic nitrogens is 2. The Morgan fingerprint density at radius 2 is 1.93 bits per heavy atom. The summed E-state index contributed by atoms with van der Waals surface area (Å²) in [6.07, 6.45) is 7.30. The van der Waals surface area contributed by atoms with Gasteiger partial charge in [0.25, 0.3) is 5.91 Å². The fourth-order valence-corrected chi connectivity index (χ4v) is 3.88. The van der Waals surface area contributed by atoms with Crippen LogP contribution in [0.25, 0.3) is 5.69 Å². The zero-order valence-electron chi connectivity index (χ0n) is 16.9. The molecule has 0 spiro atoms. The third kappa shape index (κ3) is 3.98. The quantitative estimate of drug-likeness (QED) is 0.689. The van der Waals surface area contributed by atoms with Gasteiger partial charge in [0.15, 0.2) is 0 Å². The highest BCUT2D eigenvalue weighted by molar-refractivity contribution is 6.04. The summed E-state index contributed by atoms with van der Waals surface area (Å²) in [6.45, 7) is 2.04. The van der Waals surface area contributed by atoms with Crippen molar-refractivity contribution in [1.82, 2.24) is 9.55 Å². The molecule has 2 heterocycles. The van der Waals surface area contributed by atoms with Crippen molar-refractivity contribution >= 4 is 11.6 Å². The topological polar surface area (TPSA) is 90.9 Å². The number of hydrogen-bond donors (Lipinski definition) is 2. The van der Waals surface area contributed by atoms with Crippen LogP contribution in [0.5, 0.6) is 0 Å². The number of anilines is 1. The summed E-state index contributed by atoms with van der Waals surface area (Å²) in [5.41, 5.74) is 3.34. The van der Waals surface area contributed by atoms with E-state index in [1.165, 1.54) is 5.56 Å². The molecule has 4 rings (SSSR count). The molecule has 1 aliphatic carbocycles. The largest absolute Gasteiger partial charge is 0.393 e. The van der Waals surface area contributed by atoms with Gasteiger partial charge in [0.2, 0.25) is 0 Å². The number of nitrogens with zero attached hydrogens (tertiary/aromatic N) is 3. The maximum Gasteiger partial charge on any atom is 0.257 e. The van der Waals surface area contributed by atoms with Gasteiger partial charge in [-0.1, -0.05) is 17.7 Å². The molecule has 2 aromatic heterocycles. The number of hydrogen-bond acceptors (Lipinski definition) is 4. The summed E-state index contributed by atoms with van der Waals surface area (Å²) in [6, 6.07) is 15.8. The number of benzene rings is 1. The number of aliphatic hydroxyl groups excluding tert-OH is 1. The first-order valence-electron chi connectivity index (χ1n) is 10.1.